The quantitative estimate of drug-likeness (QED) is 0.215. The van der Waals surface area contributed by atoms with Gasteiger partial charge in [0, 0.05) is 48.3 Å². The van der Waals surface area contributed by atoms with Gasteiger partial charge in [0.15, 0.2) is 6.73 Å². The number of allylic oxidation sites excluding steroid dienone is 3. The molecule has 3 aromatic heterocycles. The van der Waals surface area contributed by atoms with Crippen molar-refractivity contribution in [2.24, 2.45) is 0 Å². The molecule has 2 aliphatic heterocycles. The summed E-state index contributed by atoms with van der Waals surface area (Å²) < 4.78 is 81.6. The highest BCUT2D eigenvalue weighted by Crippen LogP contribution is 2.43. The lowest BCUT2D eigenvalue weighted by Gasteiger charge is -2.23. The van der Waals surface area contributed by atoms with Crippen LogP contribution in [0.2, 0.25) is 0 Å². The fourth-order valence-electron chi connectivity index (χ4n) is 5.77. The molecule has 0 saturated heterocycles. The largest absolute Gasteiger partial charge is 0.470 e. The Hall–Kier alpha value is -5.54. The van der Waals surface area contributed by atoms with Crippen molar-refractivity contribution < 1.29 is 40.4 Å². The summed E-state index contributed by atoms with van der Waals surface area (Å²) in [5.74, 6) is -0.502. The van der Waals surface area contributed by atoms with Crippen LogP contribution >= 0.6 is 0 Å². The summed E-state index contributed by atoms with van der Waals surface area (Å²) in [5, 5.41) is 4.02. The number of halogens is 3. The van der Waals surface area contributed by atoms with E-state index in [2.05, 4.69) is 16.7 Å². The van der Waals surface area contributed by atoms with E-state index in [9.17, 15) is 26.4 Å². The summed E-state index contributed by atoms with van der Waals surface area (Å²) in [6.07, 6.45) is 5.18. The highest BCUT2D eigenvalue weighted by Gasteiger charge is 2.29. The minimum absolute atomic E-state index is 0.0134. The van der Waals surface area contributed by atoms with Gasteiger partial charge in [-0.2, -0.15) is 13.6 Å². The smallest absolute Gasteiger partial charge is 0.365 e. The molecule has 0 atom stereocenters. The van der Waals surface area contributed by atoms with Crippen molar-refractivity contribution in [3.63, 3.8) is 0 Å². The van der Waals surface area contributed by atoms with E-state index >= 15 is 0 Å². The van der Waals surface area contributed by atoms with Crippen LogP contribution < -0.4 is 14.4 Å². The highest BCUT2D eigenvalue weighted by molar-refractivity contribution is 7.92. The standard InChI is InChI=1S/C33H26F3N5O6S/c1-17-8-9-18(15-41(17)47-33(35)36)31-29(32(42)37-2)21-12-20(25(14-28(21)46-31)39(3)48(4,43)44)23-10-11-27-30(38-23)26-13-19-22(34)6-5-7-24(19)40(26)16-45-27/h5-15,33H,1,16H2,2-4H3,(H,37,42). The number of fused-ring (bicyclic) bond motifs is 6. The molecular weight excluding hydrogens is 651 g/mol. The first-order valence-electron chi connectivity index (χ1n) is 14.4. The molecule has 0 aliphatic carbocycles. The van der Waals surface area contributed by atoms with Crippen LogP contribution in [0.25, 0.3) is 50.1 Å². The second-order valence-corrected chi connectivity index (χ2v) is 13.0. The number of carbonyl (C=O) groups excluding carboxylic acids is 1. The maximum Gasteiger partial charge on any atom is 0.365 e. The Labute approximate surface area is 271 Å². The number of nitrogens with zero attached hydrogens (tertiary/aromatic N) is 4. The number of aromatic nitrogens is 2. The summed E-state index contributed by atoms with van der Waals surface area (Å²) in [4.78, 5) is 22.8. The van der Waals surface area contributed by atoms with Crippen molar-refractivity contribution in [2.45, 2.75) is 13.3 Å². The third kappa shape index (κ3) is 5.07. The molecule has 7 rings (SSSR count). The lowest BCUT2D eigenvalue weighted by atomic mass is 10.00. The van der Waals surface area contributed by atoms with Gasteiger partial charge in [-0.05, 0) is 48.6 Å². The zero-order valence-corrected chi connectivity index (χ0v) is 26.4. The first-order valence-corrected chi connectivity index (χ1v) is 16.2. The number of hydrogen-bond donors (Lipinski definition) is 1. The van der Waals surface area contributed by atoms with Crippen molar-refractivity contribution >= 4 is 49.1 Å². The Balaban J connectivity index is 1.46. The first kappa shape index (κ1) is 31.1. The van der Waals surface area contributed by atoms with Crippen molar-refractivity contribution in [2.75, 3.05) is 24.7 Å². The van der Waals surface area contributed by atoms with E-state index in [1.54, 1.807) is 41.0 Å². The predicted molar refractivity (Wildman–Crippen MR) is 173 cm³/mol. The SMILES string of the molecule is C=C1C=CC(c2oc3cc(N(C)S(C)(=O)=O)c(-c4ccc5c(n4)-c4cc6c(F)cccc6n4CO5)cc3c2C(=O)NC)=CN1OC(F)F. The molecule has 11 nitrogen and oxygen atoms in total. The number of ether oxygens (including phenoxy) is 1. The predicted octanol–water partition coefficient (Wildman–Crippen LogP) is 6.24. The van der Waals surface area contributed by atoms with Crippen molar-refractivity contribution in [3.05, 3.63) is 96.3 Å². The Morgan fingerprint density at radius 2 is 1.94 bits per heavy atom. The first-order chi connectivity index (χ1) is 22.8. The average Bonchev–Trinajstić information content (AvgIpc) is 3.63. The Bertz CT molecular complexity index is 2360. The van der Waals surface area contributed by atoms with Crippen LogP contribution in [-0.2, 0) is 21.6 Å². The van der Waals surface area contributed by atoms with Gasteiger partial charge in [0.25, 0.3) is 5.91 Å². The number of carbonyl (C=O) groups is 1. The molecular formula is C33H26F3N5O6S. The lowest BCUT2D eigenvalue weighted by molar-refractivity contribution is -0.244. The lowest BCUT2D eigenvalue weighted by Crippen LogP contribution is -2.25. The van der Waals surface area contributed by atoms with Gasteiger partial charge in [-0.1, -0.05) is 12.6 Å². The highest BCUT2D eigenvalue weighted by atomic mass is 32.2. The summed E-state index contributed by atoms with van der Waals surface area (Å²) in [6, 6.07) is 12.8. The van der Waals surface area contributed by atoms with E-state index in [4.69, 9.17) is 14.1 Å². The van der Waals surface area contributed by atoms with Gasteiger partial charge in [-0.15, -0.1) is 0 Å². The van der Waals surface area contributed by atoms with Gasteiger partial charge >= 0.3 is 6.61 Å². The number of furan rings is 1. The van der Waals surface area contributed by atoms with Gasteiger partial charge in [0.1, 0.15) is 28.6 Å². The molecule has 0 fully saturated rings. The number of pyridine rings is 1. The van der Waals surface area contributed by atoms with Gasteiger partial charge < -0.3 is 19.0 Å². The molecule has 5 heterocycles. The number of anilines is 1. The van der Waals surface area contributed by atoms with E-state index in [0.29, 0.717) is 39.3 Å². The minimum atomic E-state index is -3.83. The summed E-state index contributed by atoms with van der Waals surface area (Å²) in [6.45, 7) is 0.669. The summed E-state index contributed by atoms with van der Waals surface area (Å²) in [5.41, 5.74) is 2.94. The molecule has 0 saturated carbocycles. The van der Waals surface area contributed by atoms with E-state index < -0.39 is 28.4 Å². The van der Waals surface area contributed by atoms with Crippen molar-refractivity contribution in [3.8, 4) is 28.4 Å². The van der Waals surface area contributed by atoms with E-state index in [1.165, 1.54) is 44.6 Å². The Morgan fingerprint density at radius 1 is 1.15 bits per heavy atom. The van der Waals surface area contributed by atoms with Gasteiger partial charge in [-0.25, -0.2) is 22.9 Å². The zero-order chi connectivity index (χ0) is 34.1. The number of rotatable bonds is 7. The third-order valence-electron chi connectivity index (χ3n) is 8.17. The van der Waals surface area contributed by atoms with Gasteiger partial charge in [0.2, 0.25) is 10.0 Å². The second kappa shape index (κ2) is 11.3. The molecule has 0 radical (unpaired) electrons. The molecule has 1 N–H and O–H groups in total. The average molecular weight is 678 g/mol. The fraction of sp³-hybridized carbons (Fsp3) is 0.152. The van der Waals surface area contributed by atoms with Gasteiger partial charge in [0.05, 0.1) is 40.1 Å². The molecule has 0 bridgehead atoms. The fourth-order valence-corrected chi connectivity index (χ4v) is 6.28. The van der Waals surface area contributed by atoms with Crippen LogP contribution in [0.15, 0.2) is 83.6 Å². The topological polar surface area (TPSA) is 119 Å². The normalized spacial score (nSPS) is 14.3. The molecule has 2 aromatic carbocycles. The molecule has 2 aliphatic rings. The summed E-state index contributed by atoms with van der Waals surface area (Å²) >= 11 is 0. The zero-order valence-electron chi connectivity index (χ0n) is 25.6. The Kier molecular flexibility index (Phi) is 7.32. The second-order valence-electron chi connectivity index (χ2n) is 11.0. The number of alkyl halides is 2. The molecule has 0 unspecified atom stereocenters. The molecule has 246 valence electrons. The van der Waals surface area contributed by atoms with E-state index in [-0.39, 0.29) is 46.0 Å². The number of sulfonamides is 1. The number of amides is 1. The molecule has 5 aromatic rings. The third-order valence-corrected chi connectivity index (χ3v) is 9.36. The van der Waals surface area contributed by atoms with Crippen LogP contribution in [0, 0.1) is 5.82 Å². The van der Waals surface area contributed by atoms with Gasteiger partial charge in [-0.3, -0.25) is 9.10 Å². The molecule has 1 amide bonds. The minimum Gasteiger partial charge on any atom is -0.470 e. The van der Waals surface area contributed by atoms with Crippen LogP contribution in [-0.4, -0.2) is 55.9 Å². The van der Waals surface area contributed by atoms with Crippen LogP contribution in [0.5, 0.6) is 5.75 Å². The molecule has 48 heavy (non-hydrogen) atoms. The van der Waals surface area contributed by atoms with Crippen LogP contribution in [0.1, 0.15) is 16.1 Å². The molecule has 0 spiro atoms. The number of hydroxylamine groups is 2. The maximum atomic E-state index is 14.7. The summed E-state index contributed by atoms with van der Waals surface area (Å²) in [7, 11) is -1.04. The van der Waals surface area contributed by atoms with Crippen molar-refractivity contribution in [1.29, 1.82) is 0 Å². The monoisotopic (exact) mass is 677 g/mol. The number of benzene rings is 2. The van der Waals surface area contributed by atoms with Crippen LogP contribution in [0.3, 0.4) is 0 Å². The van der Waals surface area contributed by atoms with Crippen molar-refractivity contribution in [1.82, 2.24) is 19.9 Å². The maximum absolute atomic E-state index is 14.7. The number of hydrogen-bond acceptors (Lipinski definition) is 8. The Morgan fingerprint density at radius 3 is 2.67 bits per heavy atom. The van der Waals surface area contributed by atoms with E-state index in [1.807, 2.05) is 0 Å². The number of nitrogens with one attached hydrogen (secondary N) is 1. The van der Waals surface area contributed by atoms with E-state index in [0.717, 1.165) is 15.6 Å². The van der Waals surface area contributed by atoms with Crippen LogP contribution in [0.4, 0.5) is 18.9 Å². The molecule has 15 heteroatoms.